The van der Waals surface area contributed by atoms with Gasteiger partial charge in [-0.15, -0.1) is 0 Å². The number of rotatable bonds is 3. The summed E-state index contributed by atoms with van der Waals surface area (Å²) in [6, 6.07) is 25.7. The van der Waals surface area contributed by atoms with Crippen molar-refractivity contribution in [2.24, 2.45) is 0 Å². The fraction of sp³-hybridized carbons (Fsp3) is 0.0952. The van der Waals surface area contributed by atoms with Crippen LogP contribution in [0.2, 0.25) is 0 Å². The number of halogens is 1. The van der Waals surface area contributed by atoms with Gasteiger partial charge in [0.1, 0.15) is 12.7 Å². The molecule has 120 valence electrons. The van der Waals surface area contributed by atoms with Gasteiger partial charge in [-0.05, 0) is 18.6 Å². The van der Waals surface area contributed by atoms with Crippen molar-refractivity contribution in [1.82, 2.24) is 4.57 Å². The zero-order valence-corrected chi connectivity index (χ0v) is 15.1. The highest BCUT2D eigenvalue weighted by Gasteiger charge is 2.18. The maximum Gasteiger partial charge on any atom is 0.286 e. The van der Waals surface area contributed by atoms with Gasteiger partial charge >= 0.3 is 0 Å². The van der Waals surface area contributed by atoms with Crippen molar-refractivity contribution < 1.29 is 21.4 Å². The van der Waals surface area contributed by atoms with Crippen molar-refractivity contribution >= 4 is 5.65 Å². The Morgan fingerprint density at radius 3 is 2.29 bits per heavy atom. The first-order chi connectivity index (χ1) is 11.3. The SMILES string of the molecule is Cc1ccc(-c2c[n+]3ccccc3n2Cc2ccccc2)cc1.[Br-]. The lowest BCUT2D eigenvalue weighted by molar-refractivity contribution is -0.510. The van der Waals surface area contributed by atoms with Crippen molar-refractivity contribution in [1.29, 1.82) is 0 Å². The lowest BCUT2D eigenvalue weighted by Gasteiger charge is -2.04. The normalized spacial score (nSPS) is 10.5. The summed E-state index contributed by atoms with van der Waals surface area (Å²) in [5.74, 6) is 0. The molecule has 0 spiro atoms. The summed E-state index contributed by atoms with van der Waals surface area (Å²) in [5.41, 5.74) is 6.28. The van der Waals surface area contributed by atoms with Crippen LogP contribution in [0.4, 0.5) is 0 Å². The second-order valence-corrected chi connectivity index (χ2v) is 5.92. The highest BCUT2D eigenvalue weighted by molar-refractivity contribution is 5.62. The molecule has 0 amide bonds. The van der Waals surface area contributed by atoms with Gasteiger partial charge in [-0.3, -0.25) is 0 Å². The molecule has 2 nitrogen and oxygen atoms in total. The molecule has 24 heavy (non-hydrogen) atoms. The zero-order valence-electron chi connectivity index (χ0n) is 13.6. The number of fused-ring (bicyclic) bond motifs is 1. The fourth-order valence-electron chi connectivity index (χ4n) is 3.00. The predicted molar refractivity (Wildman–Crippen MR) is 93.3 cm³/mol. The number of hydrogen-bond donors (Lipinski definition) is 0. The molecule has 0 radical (unpaired) electrons. The first-order valence-corrected chi connectivity index (χ1v) is 7.92. The molecule has 0 N–H and O–H groups in total. The Morgan fingerprint density at radius 1 is 0.833 bits per heavy atom. The first-order valence-electron chi connectivity index (χ1n) is 7.92. The maximum atomic E-state index is 2.38. The second kappa shape index (κ2) is 7.02. The number of hydrogen-bond acceptors (Lipinski definition) is 0. The van der Waals surface area contributed by atoms with Crippen molar-refractivity contribution in [3.05, 3.63) is 96.3 Å². The van der Waals surface area contributed by atoms with Crippen LogP contribution in [-0.4, -0.2) is 4.57 Å². The largest absolute Gasteiger partial charge is 1.00 e. The first kappa shape index (κ1) is 16.5. The van der Waals surface area contributed by atoms with Gasteiger partial charge in [-0.2, -0.15) is 0 Å². The van der Waals surface area contributed by atoms with Crippen LogP contribution >= 0.6 is 0 Å². The molecule has 2 aromatic heterocycles. The van der Waals surface area contributed by atoms with Gasteiger partial charge in [0.25, 0.3) is 5.65 Å². The van der Waals surface area contributed by atoms with Crippen LogP contribution in [0.1, 0.15) is 11.1 Å². The third-order valence-electron chi connectivity index (χ3n) is 4.23. The Bertz CT molecular complexity index is 941. The summed E-state index contributed by atoms with van der Waals surface area (Å²) < 4.78 is 4.57. The maximum absolute atomic E-state index is 2.38. The topological polar surface area (TPSA) is 9.03 Å². The van der Waals surface area contributed by atoms with E-state index in [-0.39, 0.29) is 17.0 Å². The Labute approximate surface area is 152 Å². The Hall–Kier alpha value is -2.39. The molecule has 0 fully saturated rings. The van der Waals surface area contributed by atoms with Crippen molar-refractivity contribution in [2.75, 3.05) is 0 Å². The monoisotopic (exact) mass is 378 g/mol. The Kier molecular flexibility index (Phi) is 4.81. The Morgan fingerprint density at radius 2 is 1.54 bits per heavy atom. The third kappa shape index (κ3) is 3.13. The fourth-order valence-corrected chi connectivity index (χ4v) is 3.00. The molecule has 0 aliphatic rings. The molecule has 0 saturated heterocycles. The van der Waals surface area contributed by atoms with Crippen LogP contribution in [-0.2, 0) is 6.54 Å². The van der Waals surface area contributed by atoms with E-state index < -0.39 is 0 Å². The highest BCUT2D eigenvalue weighted by atomic mass is 79.9. The van der Waals surface area contributed by atoms with Gasteiger partial charge in [0.2, 0.25) is 0 Å². The smallest absolute Gasteiger partial charge is 0.286 e. The minimum absolute atomic E-state index is 0. The summed E-state index contributed by atoms with van der Waals surface area (Å²) >= 11 is 0. The lowest BCUT2D eigenvalue weighted by Crippen LogP contribution is -3.00. The van der Waals surface area contributed by atoms with E-state index in [1.54, 1.807) is 0 Å². The van der Waals surface area contributed by atoms with E-state index >= 15 is 0 Å². The van der Waals surface area contributed by atoms with E-state index in [4.69, 9.17) is 0 Å². The molecule has 2 heterocycles. The molecular formula is C21H19BrN2. The standard InChI is InChI=1S/C21H19N2.BrH/c1-17-10-12-19(13-11-17)20-16-22-14-6-5-9-21(22)23(20)15-18-7-3-2-4-8-18;/h2-14,16H,15H2,1H3;1H/q+1;/p-1. The van der Waals surface area contributed by atoms with Crippen LogP contribution in [0, 0.1) is 6.92 Å². The van der Waals surface area contributed by atoms with Crippen LogP contribution in [0.5, 0.6) is 0 Å². The summed E-state index contributed by atoms with van der Waals surface area (Å²) in [5, 5.41) is 0. The van der Waals surface area contributed by atoms with E-state index in [1.807, 2.05) is 0 Å². The molecule has 0 saturated carbocycles. The summed E-state index contributed by atoms with van der Waals surface area (Å²) in [4.78, 5) is 0. The molecule has 3 heteroatoms. The molecule has 2 aromatic carbocycles. The van der Waals surface area contributed by atoms with E-state index in [0.717, 1.165) is 6.54 Å². The molecule has 0 aliphatic heterocycles. The van der Waals surface area contributed by atoms with Crippen molar-refractivity contribution in [3.8, 4) is 11.3 Å². The average Bonchev–Trinajstić information content (AvgIpc) is 2.95. The molecule has 4 aromatic rings. The van der Waals surface area contributed by atoms with Gasteiger partial charge < -0.3 is 17.0 Å². The van der Waals surface area contributed by atoms with Crippen LogP contribution in [0.3, 0.4) is 0 Å². The minimum atomic E-state index is 0. The number of benzene rings is 2. The number of pyridine rings is 1. The molecule has 0 bridgehead atoms. The van der Waals surface area contributed by atoms with Gasteiger partial charge in [0.15, 0.2) is 5.69 Å². The van der Waals surface area contributed by atoms with E-state index in [0.29, 0.717) is 0 Å². The predicted octanol–water partition coefficient (Wildman–Crippen LogP) is 1.25. The number of nitrogens with zero attached hydrogens (tertiary/aromatic N) is 2. The number of aromatic nitrogens is 2. The van der Waals surface area contributed by atoms with Gasteiger partial charge in [0, 0.05) is 11.6 Å². The number of aryl methyl sites for hydroxylation is 1. The van der Waals surface area contributed by atoms with Gasteiger partial charge in [-0.25, -0.2) is 8.97 Å². The lowest BCUT2D eigenvalue weighted by atomic mass is 10.1. The van der Waals surface area contributed by atoms with Crippen LogP contribution in [0.25, 0.3) is 16.9 Å². The van der Waals surface area contributed by atoms with Crippen molar-refractivity contribution in [3.63, 3.8) is 0 Å². The van der Waals surface area contributed by atoms with Crippen LogP contribution in [0.15, 0.2) is 85.2 Å². The summed E-state index contributed by atoms with van der Waals surface area (Å²) in [6.07, 6.45) is 4.32. The molecule has 0 unspecified atom stereocenters. The number of imidazole rings is 1. The van der Waals surface area contributed by atoms with E-state index in [9.17, 15) is 0 Å². The molecule has 0 aliphatic carbocycles. The molecular weight excluding hydrogens is 360 g/mol. The highest BCUT2D eigenvalue weighted by Crippen LogP contribution is 2.22. The van der Waals surface area contributed by atoms with E-state index in [2.05, 4.69) is 101 Å². The second-order valence-electron chi connectivity index (χ2n) is 5.92. The average molecular weight is 379 g/mol. The van der Waals surface area contributed by atoms with Gasteiger partial charge in [-0.1, -0.05) is 66.2 Å². The van der Waals surface area contributed by atoms with Gasteiger partial charge in [0.05, 0.1) is 6.20 Å². The zero-order chi connectivity index (χ0) is 15.6. The van der Waals surface area contributed by atoms with E-state index in [1.165, 1.54) is 28.0 Å². The molecule has 0 atom stereocenters. The summed E-state index contributed by atoms with van der Waals surface area (Å²) in [7, 11) is 0. The Balaban J connectivity index is 0.00000169. The summed E-state index contributed by atoms with van der Waals surface area (Å²) in [6.45, 7) is 2.99. The quantitative estimate of drug-likeness (QED) is 0.474. The van der Waals surface area contributed by atoms with Crippen molar-refractivity contribution in [2.45, 2.75) is 13.5 Å². The van der Waals surface area contributed by atoms with Crippen LogP contribution < -0.4 is 21.4 Å². The minimum Gasteiger partial charge on any atom is -1.00 e. The molecule has 4 rings (SSSR count). The third-order valence-corrected chi connectivity index (χ3v) is 4.23.